The number of halogens is 1. The van der Waals surface area contributed by atoms with Crippen molar-refractivity contribution in [1.82, 2.24) is 19.8 Å². The zero-order chi connectivity index (χ0) is 21.4. The zero-order valence-corrected chi connectivity index (χ0v) is 16.9. The largest absolute Gasteiger partial charge is 0.329 e. The molecule has 3 amide bonds. The number of pyridine rings is 1. The highest BCUT2D eigenvalue weighted by Gasteiger charge is 2.34. The van der Waals surface area contributed by atoms with E-state index in [1.54, 1.807) is 30.5 Å². The van der Waals surface area contributed by atoms with Crippen LogP contribution < -0.4 is 5.32 Å². The Morgan fingerprint density at radius 1 is 1.10 bits per heavy atom. The Labute approximate surface area is 173 Å². The van der Waals surface area contributed by atoms with E-state index in [-0.39, 0.29) is 17.8 Å². The van der Waals surface area contributed by atoms with E-state index >= 15 is 0 Å². The molecule has 3 heterocycles. The van der Waals surface area contributed by atoms with Crippen LogP contribution in [0.1, 0.15) is 28.1 Å². The maximum absolute atomic E-state index is 13.9. The fourth-order valence-corrected chi connectivity index (χ4v) is 3.60. The number of amides is 3. The van der Waals surface area contributed by atoms with Crippen molar-refractivity contribution in [2.45, 2.75) is 27.3 Å². The van der Waals surface area contributed by atoms with Gasteiger partial charge in [0.1, 0.15) is 17.3 Å². The number of hydrogen-bond donors (Lipinski definition) is 1. The van der Waals surface area contributed by atoms with Gasteiger partial charge < -0.3 is 9.88 Å². The smallest absolute Gasteiger partial charge is 0.303 e. The first-order valence-electron chi connectivity index (χ1n) is 9.55. The van der Waals surface area contributed by atoms with Gasteiger partial charge >= 0.3 is 6.03 Å². The first-order chi connectivity index (χ1) is 14.3. The van der Waals surface area contributed by atoms with E-state index in [0.717, 1.165) is 33.2 Å². The van der Waals surface area contributed by atoms with Crippen molar-refractivity contribution in [2.75, 3.05) is 0 Å². The number of carbonyl (C=O) groups is 2. The lowest BCUT2D eigenvalue weighted by Gasteiger charge is -2.12. The van der Waals surface area contributed by atoms with Crippen LogP contribution in [0.2, 0.25) is 0 Å². The molecule has 1 aromatic carbocycles. The predicted molar refractivity (Wildman–Crippen MR) is 111 cm³/mol. The second kappa shape index (κ2) is 7.59. The molecule has 1 saturated heterocycles. The SMILES string of the molecule is Cc1ccnc(-n2c(C)cc(C=C3NC(=O)N(Cc4ccccc4F)C3=O)c2C)c1. The number of rotatable bonds is 4. The summed E-state index contributed by atoms with van der Waals surface area (Å²) in [6, 6.07) is 11.4. The summed E-state index contributed by atoms with van der Waals surface area (Å²) in [4.78, 5) is 30.6. The lowest BCUT2D eigenvalue weighted by atomic mass is 10.2. The lowest BCUT2D eigenvalue weighted by Crippen LogP contribution is -2.30. The molecule has 7 heteroatoms. The van der Waals surface area contributed by atoms with Crippen molar-refractivity contribution in [3.8, 4) is 5.82 Å². The summed E-state index contributed by atoms with van der Waals surface area (Å²) in [5.74, 6) is -0.149. The molecular formula is C23H21FN4O2. The maximum Gasteiger partial charge on any atom is 0.329 e. The molecule has 0 atom stereocenters. The summed E-state index contributed by atoms with van der Waals surface area (Å²) in [6.45, 7) is 5.76. The third kappa shape index (κ3) is 3.50. The molecule has 0 spiro atoms. The molecule has 1 N–H and O–H groups in total. The van der Waals surface area contributed by atoms with E-state index in [9.17, 15) is 14.0 Å². The van der Waals surface area contributed by atoms with Crippen LogP contribution in [-0.4, -0.2) is 26.4 Å². The Balaban J connectivity index is 1.64. The van der Waals surface area contributed by atoms with Crippen LogP contribution in [0.15, 0.2) is 54.4 Å². The molecule has 152 valence electrons. The fourth-order valence-electron chi connectivity index (χ4n) is 3.60. The van der Waals surface area contributed by atoms with Crippen LogP contribution in [-0.2, 0) is 11.3 Å². The van der Waals surface area contributed by atoms with Crippen LogP contribution in [0.25, 0.3) is 11.9 Å². The Bertz CT molecular complexity index is 1200. The number of carbonyl (C=O) groups excluding carboxylic acids is 2. The Hall–Kier alpha value is -3.74. The molecular weight excluding hydrogens is 383 g/mol. The molecule has 0 radical (unpaired) electrons. The second-order valence-electron chi connectivity index (χ2n) is 7.32. The van der Waals surface area contributed by atoms with Gasteiger partial charge in [-0.25, -0.2) is 14.2 Å². The third-order valence-corrected chi connectivity index (χ3v) is 5.15. The summed E-state index contributed by atoms with van der Waals surface area (Å²) >= 11 is 0. The Morgan fingerprint density at radius 3 is 2.60 bits per heavy atom. The number of aryl methyl sites for hydroxylation is 2. The van der Waals surface area contributed by atoms with Crippen molar-refractivity contribution in [3.63, 3.8) is 0 Å². The van der Waals surface area contributed by atoms with Crippen LogP contribution >= 0.6 is 0 Å². The number of nitrogens with zero attached hydrogens (tertiary/aromatic N) is 3. The van der Waals surface area contributed by atoms with Gasteiger partial charge in [0, 0.05) is 23.1 Å². The minimum atomic E-state index is -0.566. The normalized spacial score (nSPS) is 15.2. The van der Waals surface area contributed by atoms with Crippen molar-refractivity contribution < 1.29 is 14.0 Å². The highest BCUT2D eigenvalue weighted by atomic mass is 19.1. The minimum Gasteiger partial charge on any atom is -0.303 e. The molecule has 0 saturated carbocycles. The fraction of sp³-hybridized carbons (Fsp3) is 0.174. The van der Waals surface area contributed by atoms with Gasteiger partial charge in [-0.3, -0.25) is 9.69 Å². The number of hydrogen-bond acceptors (Lipinski definition) is 3. The monoisotopic (exact) mass is 404 g/mol. The van der Waals surface area contributed by atoms with Gasteiger partial charge in [0.05, 0.1) is 6.54 Å². The van der Waals surface area contributed by atoms with Crippen LogP contribution in [0, 0.1) is 26.6 Å². The highest BCUT2D eigenvalue weighted by molar-refractivity contribution is 6.14. The van der Waals surface area contributed by atoms with Crippen LogP contribution in [0.4, 0.5) is 9.18 Å². The average molecular weight is 404 g/mol. The number of nitrogens with one attached hydrogen (secondary N) is 1. The lowest BCUT2D eigenvalue weighted by molar-refractivity contribution is -0.123. The molecule has 30 heavy (non-hydrogen) atoms. The molecule has 4 rings (SSSR count). The van der Waals surface area contributed by atoms with E-state index < -0.39 is 17.8 Å². The summed E-state index contributed by atoms with van der Waals surface area (Å²) in [5, 5.41) is 2.60. The number of benzene rings is 1. The Morgan fingerprint density at radius 2 is 1.87 bits per heavy atom. The molecule has 0 unspecified atom stereocenters. The number of urea groups is 1. The quantitative estimate of drug-likeness (QED) is 0.527. The van der Waals surface area contributed by atoms with Crippen molar-refractivity contribution in [1.29, 1.82) is 0 Å². The summed E-state index contributed by atoms with van der Waals surface area (Å²) < 4.78 is 15.9. The van der Waals surface area contributed by atoms with E-state index in [2.05, 4.69) is 10.3 Å². The van der Waals surface area contributed by atoms with Gasteiger partial charge in [0.15, 0.2) is 0 Å². The predicted octanol–water partition coefficient (Wildman–Crippen LogP) is 4.03. The van der Waals surface area contributed by atoms with Gasteiger partial charge in [-0.15, -0.1) is 0 Å². The summed E-state index contributed by atoms with van der Waals surface area (Å²) in [5.41, 5.74) is 4.19. The minimum absolute atomic E-state index is 0.124. The standard InChI is InChI=1S/C23H21FN4O2/c1-14-8-9-25-21(10-14)28-15(2)11-18(16(28)3)12-20-22(29)27(23(30)26-20)13-17-6-4-5-7-19(17)24/h4-12H,13H2,1-3H3,(H,26,30). The van der Waals surface area contributed by atoms with E-state index in [4.69, 9.17) is 0 Å². The van der Waals surface area contributed by atoms with E-state index in [1.807, 2.05) is 43.5 Å². The van der Waals surface area contributed by atoms with E-state index in [1.165, 1.54) is 6.07 Å². The number of aromatic nitrogens is 2. The van der Waals surface area contributed by atoms with Crippen molar-refractivity contribution in [2.24, 2.45) is 0 Å². The third-order valence-electron chi connectivity index (χ3n) is 5.15. The zero-order valence-electron chi connectivity index (χ0n) is 16.9. The van der Waals surface area contributed by atoms with Crippen LogP contribution in [0.3, 0.4) is 0 Å². The molecule has 6 nitrogen and oxygen atoms in total. The van der Waals surface area contributed by atoms with Crippen LogP contribution in [0.5, 0.6) is 0 Å². The Kier molecular flexibility index (Phi) is 4.95. The first-order valence-corrected chi connectivity index (χ1v) is 9.55. The molecule has 3 aromatic rings. The number of imide groups is 1. The molecule has 2 aromatic heterocycles. The van der Waals surface area contributed by atoms with Gasteiger partial charge in [-0.05, 0) is 62.2 Å². The van der Waals surface area contributed by atoms with Gasteiger partial charge in [-0.1, -0.05) is 18.2 Å². The van der Waals surface area contributed by atoms with Gasteiger partial charge in [-0.2, -0.15) is 0 Å². The highest BCUT2D eigenvalue weighted by Crippen LogP contribution is 2.24. The van der Waals surface area contributed by atoms with Crippen molar-refractivity contribution in [3.05, 3.63) is 88.3 Å². The topological polar surface area (TPSA) is 67.2 Å². The second-order valence-corrected chi connectivity index (χ2v) is 7.32. The molecule has 1 aliphatic heterocycles. The molecule has 1 fully saturated rings. The summed E-state index contributed by atoms with van der Waals surface area (Å²) in [7, 11) is 0. The molecule has 1 aliphatic rings. The first kappa shape index (κ1) is 19.6. The maximum atomic E-state index is 13.9. The van der Waals surface area contributed by atoms with Crippen molar-refractivity contribution >= 4 is 18.0 Å². The molecule has 0 bridgehead atoms. The van der Waals surface area contributed by atoms with E-state index in [0.29, 0.717) is 0 Å². The average Bonchev–Trinajstić information content (AvgIpc) is 3.13. The van der Waals surface area contributed by atoms with Gasteiger partial charge in [0.2, 0.25) is 0 Å². The molecule has 0 aliphatic carbocycles. The van der Waals surface area contributed by atoms with Gasteiger partial charge in [0.25, 0.3) is 5.91 Å². The summed E-state index contributed by atoms with van der Waals surface area (Å²) in [6.07, 6.45) is 3.40.